The van der Waals surface area contributed by atoms with Gasteiger partial charge in [0.1, 0.15) is 0 Å². The largest absolute Gasteiger partial charge is 0.390 e. The van der Waals surface area contributed by atoms with E-state index in [1.54, 1.807) is 18.2 Å². The van der Waals surface area contributed by atoms with Crippen LogP contribution in [0.25, 0.3) is 0 Å². The standard InChI is InChI=1S/C13H16BrF3N2/c14-11-3-1-2-10(8-11)12(9-13(15,16)17)19-6-4-18-5-7-19/h1-3,8,12,18H,4-7,9H2/t12-/m1/s1. The summed E-state index contributed by atoms with van der Waals surface area (Å²) in [6.45, 7) is 2.77. The third kappa shape index (κ3) is 4.47. The van der Waals surface area contributed by atoms with Crippen molar-refractivity contribution in [2.24, 2.45) is 0 Å². The summed E-state index contributed by atoms with van der Waals surface area (Å²) in [7, 11) is 0. The zero-order chi connectivity index (χ0) is 13.9. The Morgan fingerprint density at radius 2 is 1.95 bits per heavy atom. The van der Waals surface area contributed by atoms with Crippen LogP contribution >= 0.6 is 15.9 Å². The fourth-order valence-electron chi connectivity index (χ4n) is 2.38. The summed E-state index contributed by atoms with van der Waals surface area (Å²) in [6.07, 6.45) is -4.96. The second kappa shape index (κ2) is 6.24. The van der Waals surface area contributed by atoms with Gasteiger partial charge in [0.05, 0.1) is 6.42 Å². The summed E-state index contributed by atoms with van der Waals surface area (Å²) in [5.41, 5.74) is 0.716. The molecule has 2 nitrogen and oxygen atoms in total. The molecule has 1 atom stereocenters. The lowest BCUT2D eigenvalue weighted by Crippen LogP contribution is -2.46. The first-order valence-electron chi connectivity index (χ1n) is 6.23. The number of hydrogen-bond donors (Lipinski definition) is 1. The van der Waals surface area contributed by atoms with E-state index in [4.69, 9.17) is 0 Å². The van der Waals surface area contributed by atoms with Gasteiger partial charge in [0, 0.05) is 36.7 Å². The first-order valence-corrected chi connectivity index (χ1v) is 7.02. The summed E-state index contributed by atoms with van der Waals surface area (Å²) in [4.78, 5) is 1.91. The number of hydrogen-bond acceptors (Lipinski definition) is 2. The van der Waals surface area contributed by atoms with Crippen LogP contribution < -0.4 is 5.32 Å². The number of rotatable bonds is 3. The van der Waals surface area contributed by atoms with Gasteiger partial charge in [-0.3, -0.25) is 4.90 Å². The van der Waals surface area contributed by atoms with Crippen LogP contribution in [0.1, 0.15) is 18.0 Å². The van der Waals surface area contributed by atoms with Gasteiger partial charge in [0.25, 0.3) is 0 Å². The number of nitrogens with zero attached hydrogens (tertiary/aromatic N) is 1. The Balaban J connectivity index is 2.22. The van der Waals surface area contributed by atoms with Crippen LogP contribution in [0, 0.1) is 0 Å². The summed E-state index contributed by atoms with van der Waals surface area (Å²) in [5, 5.41) is 3.16. The zero-order valence-electron chi connectivity index (χ0n) is 10.4. The van der Waals surface area contributed by atoms with Crippen LogP contribution in [0.2, 0.25) is 0 Å². The molecular weight excluding hydrogens is 321 g/mol. The molecule has 0 aromatic heterocycles. The number of halogens is 4. The number of nitrogens with one attached hydrogen (secondary N) is 1. The highest BCUT2D eigenvalue weighted by atomic mass is 79.9. The average molecular weight is 337 g/mol. The molecule has 106 valence electrons. The summed E-state index contributed by atoms with van der Waals surface area (Å²) < 4.78 is 39.2. The third-order valence-corrected chi connectivity index (χ3v) is 3.74. The van der Waals surface area contributed by atoms with Crippen molar-refractivity contribution in [2.45, 2.75) is 18.6 Å². The van der Waals surface area contributed by atoms with Crippen LogP contribution in [0.5, 0.6) is 0 Å². The van der Waals surface area contributed by atoms with E-state index in [1.165, 1.54) is 0 Å². The van der Waals surface area contributed by atoms with Crippen molar-refractivity contribution in [3.8, 4) is 0 Å². The Morgan fingerprint density at radius 1 is 1.26 bits per heavy atom. The van der Waals surface area contributed by atoms with Gasteiger partial charge in [-0.05, 0) is 17.7 Å². The molecule has 0 spiro atoms. The van der Waals surface area contributed by atoms with Gasteiger partial charge in [-0.2, -0.15) is 13.2 Å². The van der Waals surface area contributed by atoms with Crippen molar-refractivity contribution in [3.05, 3.63) is 34.3 Å². The van der Waals surface area contributed by atoms with Crippen LogP contribution in [0.4, 0.5) is 13.2 Å². The minimum Gasteiger partial charge on any atom is -0.314 e. The van der Waals surface area contributed by atoms with Crippen molar-refractivity contribution in [1.82, 2.24) is 10.2 Å². The van der Waals surface area contributed by atoms with E-state index in [0.29, 0.717) is 18.7 Å². The van der Waals surface area contributed by atoms with Crippen LogP contribution in [0.3, 0.4) is 0 Å². The Labute approximate surface area is 119 Å². The molecule has 1 aliphatic heterocycles. The maximum atomic E-state index is 12.8. The highest BCUT2D eigenvalue weighted by Crippen LogP contribution is 2.34. The third-order valence-electron chi connectivity index (χ3n) is 3.25. The lowest BCUT2D eigenvalue weighted by molar-refractivity contribution is -0.148. The smallest absolute Gasteiger partial charge is 0.314 e. The Morgan fingerprint density at radius 3 is 2.53 bits per heavy atom. The number of benzene rings is 1. The second-order valence-electron chi connectivity index (χ2n) is 4.68. The first kappa shape index (κ1) is 14.8. The molecule has 0 aliphatic carbocycles. The number of alkyl halides is 3. The molecule has 1 aromatic carbocycles. The Hall–Kier alpha value is -0.590. The SMILES string of the molecule is FC(F)(F)C[C@H](c1cccc(Br)c1)N1CCNCC1. The van der Waals surface area contributed by atoms with Gasteiger partial charge in [-0.15, -0.1) is 0 Å². The number of piperazine rings is 1. The Kier molecular flexibility index (Phi) is 4.86. The van der Waals surface area contributed by atoms with E-state index in [0.717, 1.165) is 17.6 Å². The van der Waals surface area contributed by atoms with Crippen LogP contribution in [-0.4, -0.2) is 37.3 Å². The average Bonchev–Trinajstić information content (AvgIpc) is 2.36. The van der Waals surface area contributed by atoms with Crippen molar-refractivity contribution < 1.29 is 13.2 Å². The zero-order valence-corrected chi connectivity index (χ0v) is 12.0. The van der Waals surface area contributed by atoms with Gasteiger partial charge < -0.3 is 5.32 Å². The minimum absolute atomic E-state index is 0.598. The summed E-state index contributed by atoms with van der Waals surface area (Å²) in [6, 6.07) is 6.55. The van der Waals surface area contributed by atoms with Gasteiger partial charge >= 0.3 is 6.18 Å². The Bertz CT molecular complexity index is 417. The molecular formula is C13H16BrF3N2. The van der Waals surface area contributed by atoms with Crippen LogP contribution in [-0.2, 0) is 0 Å². The summed E-state index contributed by atoms with van der Waals surface area (Å²) in [5.74, 6) is 0. The fourth-order valence-corrected chi connectivity index (χ4v) is 2.80. The van der Waals surface area contributed by atoms with Gasteiger partial charge in [0.15, 0.2) is 0 Å². The lowest BCUT2D eigenvalue weighted by Gasteiger charge is -2.35. The molecule has 1 aliphatic rings. The molecule has 0 unspecified atom stereocenters. The predicted octanol–water partition coefficient (Wildman–Crippen LogP) is 3.35. The predicted molar refractivity (Wildman–Crippen MR) is 72.0 cm³/mol. The molecule has 1 N–H and O–H groups in total. The molecule has 1 saturated heterocycles. The van der Waals surface area contributed by atoms with Crippen molar-refractivity contribution in [3.63, 3.8) is 0 Å². The van der Waals surface area contributed by atoms with Gasteiger partial charge in [-0.25, -0.2) is 0 Å². The van der Waals surface area contributed by atoms with Crippen LogP contribution in [0.15, 0.2) is 28.7 Å². The maximum absolute atomic E-state index is 12.8. The van der Waals surface area contributed by atoms with E-state index in [1.807, 2.05) is 11.0 Å². The molecule has 6 heteroatoms. The minimum atomic E-state index is -4.15. The normalized spacial score (nSPS) is 19.4. The molecule has 1 heterocycles. The van der Waals surface area contributed by atoms with Gasteiger partial charge in [0.2, 0.25) is 0 Å². The topological polar surface area (TPSA) is 15.3 Å². The lowest BCUT2D eigenvalue weighted by atomic mass is 10.0. The highest BCUT2D eigenvalue weighted by molar-refractivity contribution is 9.10. The van der Waals surface area contributed by atoms with Crippen molar-refractivity contribution >= 4 is 15.9 Å². The first-order chi connectivity index (χ1) is 8.96. The van der Waals surface area contributed by atoms with Gasteiger partial charge in [-0.1, -0.05) is 28.1 Å². The molecule has 19 heavy (non-hydrogen) atoms. The van der Waals surface area contributed by atoms with E-state index in [-0.39, 0.29) is 0 Å². The maximum Gasteiger partial charge on any atom is 0.390 e. The molecule has 2 rings (SSSR count). The summed E-state index contributed by atoms with van der Waals surface area (Å²) >= 11 is 3.32. The monoisotopic (exact) mass is 336 g/mol. The molecule has 1 fully saturated rings. The van der Waals surface area contributed by atoms with Crippen molar-refractivity contribution in [2.75, 3.05) is 26.2 Å². The van der Waals surface area contributed by atoms with E-state index >= 15 is 0 Å². The molecule has 0 amide bonds. The fraction of sp³-hybridized carbons (Fsp3) is 0.538. The van der Waals surface area contributed by atoms with E-state index in [9.17, 15) is 13.2 Å². The molecule has 1 aromatic rings. The second-order valence-corrected chi connectivity index (χ2v) is 5.59. The molecule has 0 radical (unpaired) electrons. The quantitative estimate of drug-likeness (QED) is 0.910. The van der Waals surface area contributed by atoms with E-state index in [2.05, 4.69) is 21.2 Å². The molecule has 0 saturated carbocycles. The van der Waals surface area contributed by atoms with E-state index < -0.39 is 18.6 Å². The molecule has 0 bridgehead atoms. The van der Waals surface area contributed by atoms with Crippen molar-refractivity contribution in [1.29, 1.82) is 0 Å². The highest BCUT2D eigenvalue weighted by Gasteiger charge is 2.35.